The number of hydrogen-bond donors (Lipinski definition) is 0. The summed E-state index contributed by atoms with van der Waals surface area (Å²) in [7, 11) is 0. The fourth-order valence-corrected chi connectivity index (χ4v) is 3.75. The largest absolute Gasteiger partial charge is 0.337 e. The third-order valence-electron chi connectivity index (χ3n) is 5.25. The Kier molecular flexibility index (Phi) is 5.26. The van der Waals surface area contributed by atoms with Crippen molar-refractivity contribution in [2.45, 2.75) is 58.9 Å². The molecule has 0 radical (unpaired) electrons. The quantitative estimate of drug-likeness (QED) is 0.830. The fraction of sp³-hybridized carbons (Fsp3) is 0.524. The van der Waals surface area contributed by atoms with Crippen LogP contribution in [0.25, 0.3) is 0 Å². The second-order valence-electron chi connectivity index (χ2n) is 7.37. The molecule has 25 heavy (non-hydrogen) atoms. The summed E-state index contributed by atoms with van der Waals surface area (Å²) in [5.41, 5.74) is 4.43. The number of nitrogens with zero attached hydrogens (tertiary/aromatic N) is 3. The number of piperidine rings is 1. The zero-order chi connectivity index (χ0) is 18.0. The molecular weight excluding hydrogens is 310 g/mol. The SMILES string of the molecule is CCn1nc(C(C)C)cc1C(=O)N1CCCC(c2ccccc2C)C1. The molecule has 0 spiro atoms. The van der Waals surface area contributed by atoms with Crippen molar-refractivity contribution >= 4 is 5.91 Å². The van der Waals surface area contributed by atoms with Gasteiger partial charge in [0.25, 0.3) is 5.91 Å². The van der Waals surface area contributed by atoms with Gasteiger partial charge in [0.2, 0.25) is 0 Å². The predicted molar refractivity (Wildman–Crippen MR) is 101 cm³/mol. The molecule has 1 amide bonds. The van der Waals surface area contributed by atoms with E-state index in [1.54, 1.807) is 0 Å². The number of benzene rings is 1. The molecule has 1 saturated heterocycles. The minimum Gasteiger partial charge on any atom is -0.337 e. The third-order valence-corrected chi connectivity index (χ3v) is 5.25. The number of aryl methyl sites for hydroxylation is 2. The van der Waals surface area contributed by atoms with Gasteiger partial charge in [0, 0.05) is 25.6 Å². The van der Waals surface area contributed by atoms with Crippen molar-refractivity contribution in [2.75, 3.05) is 13.1 Å². The van der Waals surface area contributed by atoms with Crippen LogP contribution in [0.4, 0.5) is 0 Å². The van der Waals surface area contributed by atoms with Crippen molar-refractivity contribution in [1.29, 1.82) is 0 Å². The highest BCUT2D eigenvalue weighted by atomic mass is 16.2. The number of aromatic nitrogens is 2. The van der Waals surface area contributed by atoms with Crippen LogP contribution < -0.4 is 0 Å². The van der Waals surface area contributed by atoms with Crippen LogP contribution in [0.1, 0.15) is 72.8 Å². The highest BCUT2D eigenvalue weighted by Gasteiger charge is 2.28. The summed E-state index contributed by atoms with van der Waals surface area (Å²) in [4.78, 5) is 15.2. The molecule has 134 valence electrons. The van der Waals surface area contributed by atoms with Crippen molar-refractivity contribution in [1.82, 2.24) is 14.7 Å². The van der Waals surface area contributed by atoms with Gasteiger partial charge in [-0.15, -0.1) is 0 Å². The van der Waals surface area contributed by atoms with Gasteiger partial charge in [-0.1, -0.05) is 38.1 Å². The van der Waals surface area contributed by atoms with E-state index >= 15 is 0 Å². The number of carbonyl (C=O) groups is 1. The first-order chi connectivity index (χ1) is 12.0. The molecule has 1 atom stereocenters. The van der Waals surface area contributed by atoms with Crippen LogP contribution in [-0.4, -0.2) is 33.7 Å². The molecule has 0 aliphatic carbocycles. The molecule has 2 aromatic rings. The van der Waals surface area contributed by atoms with E-state index in [-0.39, 0.29) is 5.91 Å². The van der Waals surface area contributed by atoms with Crippen molar-refractivity contribution in [2.24, 2.45) is 0 Å². The molecule has 0 bridgehead atoms. The lowest BCUT2D eigenvalue weighted by Gasteiger charge is -2.33. The minimum absolute atomic E-state index is 0.125. The first-order valence-corrected chi connectivity index (χ1v) is 9.43. The molecule has 0 saturated carbocycles. The lowest BCUT2D eigenvalue weighted by molar-refractivity contribution is 0.0694. The lowest BCUT2D eigenvalue weighted by Crippen LogP contribution is -2.40. The third kappa shape index (κ3) is 3.63. The highest BCUT2D eigenvalue weighted by Crippen LogP contribution is 2.30. The van der Waals surface area contributed by atoms with Crippen LogP contribution in [0.3, 0.4) is 0 Å². The Hall–Kier alpha value is -2.10. The minimum atomic E-state index is 0.125. The number of hydrogen-bond acceptors (Lipinski definition) is 2. The molecule has 1 unspecified atom stereocenters. The van der Waals surface area contributed by atoms with E-state index in [0.29, 0.717) is 11.8 Å². The summed E-state index contributed by atoms with van der Waals surface area (Å²) in [6.07, 6.45) is 2.21. The zero-order valence-corrected chi connectivity index (χ0v) is 15.8. The van der Waals surface area contributed by atoms with Crippen LogP contribution in [0.5, 0.6) is 0 Å². The molecule has 2 heterocycles. The van der Waals surface area contributed by atoms with E-state index in [1.807, 2.05) is 22.6 Å². The van der Waals surface area contributed by atoms with Crippen molar-refractivity contribution in [3.8, 4) is 0 Å². The second-order valence-corrected chi connectivity index (χ2v) is 7.37. The van der Waals surface area contributed by atoms with Crippen LogP contribution >= 0.6 is 0 Å². The number of likely N-dealkylation sites (tertiary alicyclic amines) is 1. The average molecular weight is 339 g/mol. The zero-order valence-electron chi connectivity index (χ0n) is 15.8. The molecule has 1 aromatic carbocycles. The molecule has 4 heteroatoms. The topological polar surface area (TPSA) is 38.1 Å². The molecule has 1 aliphatic rings. The smallest absolute Gasteiger partial charge is 0.272 e. The van der Waals surface area contributed by atoms with Gasteiger partial charge in [-0.2, -0.15) is 5.10 Å². The molecule has 0 N–H and O–H groups in total. The summed E-state index contributed by atoms with van der Waals surface area (Å²) < 4.78 is 1.86. The van der Waals surface area contributed by atoms with Crippen LogP contribution in [0.2, 0.25) is 0 Å². The monoisotopic (exact) mass is 339 g/mol. The number of rotatable bonds is 4. The Labute approximate surface area is 150 Å². The Morgan fingerprint density at radius 3 is 2.76 bits per heavy atom. The van der Waals surface area contributed by atoms with Gasteiger partial charge in [0.05, 0.1) is 5.69 Å². The Balaban J connectivity index is 1.82. The molecule has 1 aromatic heterocycles. The van der Waals surface area contributed by atoms with E-state index in [0.717, 1.165) is 43.9 Å². The summed E-state index contributed by atoms with van der Waals surface area (Å²) in [5, 5.41) is 4.60. The summed E-state index contributed by atoms with van der Waals surface area (Å²) in [5.74, 6) is 0.890. The molecule has 1 aliphatic heterocycles. The van der Waals surface area contributed by atoms with Gasteiger partial charge in [-0.3, -0.25) is 9.48 Å². The Morgan fingerprint density at radius 2 is 2.08 bits per heavy atom. The van der Waals surface area contributed by atoms with Gasteiger partial charge in [0.15, 0.2) is 0 Å². The maximum atomic E-state index is 13.1. The summed E-state index contributed by atoms with van der Waals surface area (Å²) >= 11 is 0. The van der Waals surface area contributed by atoms with Gasteiger partial charge >= 0.3 is 0 Å². The number of carbonyl (C=O) groups excluding carboxylic acids is 1. The first kappa shape index (κ1) is 17.7. The highest BCUT2D eigenvalue weighted by molar-refractivity contribution is 5.93. The van der Waals surface area contributed by atoms with Gasteiger partial charge in [-0.05, 0) is 49.8 Å². The van der Waals surface area contributed by atoms with E-state index in [4.69, 9.17) is 0 Å². The Bertz CT molecular complexity index is 747. The maximum Gasteiger partial charge on any atom is 0.272 e. The van der Waals surface area contributed by atoms with Gasteiger partial charge < -0.3 is 4.90 Å². The number of amides is 1. The van der Waals surface area contributed by atoms with Crippen LogP contribution in [0.15, 0.2) is 30.3 Å². The first-order valence-electron chi connectivity index (χ1n) is 9.43. The lowest BCUT2D eigenvalue weighted by atomic mass is 9.88. The summed E-state index contributed by atoms with van der Waals surface area (Å²) in [6, 6.07) is 10.5. The molecule has 3 rings (SSSR count). The van der Waals surface area contributed by atoms with E-state index in [2.05, 4.69) is 50.1 Å². The van der Waals surface area contributed by atoms with Crippen LogP contribution in [-0.2, 0) is 6.54 Å². The van der Waals surface area contributed by atoms with E-state index in [1.165, 1.54) is 11.1 Å². The predicted octanol–water partition coefficient (Wildman–Crippen LogP) is 4.35. The second kappa shape index (κ2) is 7.42. The fourth-order valence-electron chi connectivity index (χ4n) is 3.75. The maximum absolute atomic E-state index is 13.1. The molecular formula is C21H29N3O. The van der Waals surface area contributed by atoms with Crippen molar-refractivity contribution in [3.63, 3.8) is 0 Å². The normalized spacial score (nSPS) is 18.0. The van der Waals surface area contributed by atoms with E-state index in [9.17, 15) is 4.79 Å². The van der Waals surface area contributed by atoms with Crippen LogP contribution in [0, 0.1) is 6.92 Å². The van der Waals surface area contributed by atoms with Gasteiger partial charge in [0.1, 0.15) is 5.69 Å². The standard InChI is InChI=1S/C21H29N3O/c1-5-24-20(13-19(22-24)15(2)3)21(25)23-12-8-10-17(14-23)18-11-7-6-9-16(18)4/h6-7,9,11,13,15,17H,5,8,10,12,14H2,1-4H3. The average Bonchev–Trinajstić information content (AvgIpc) is 3.06. The van der Waals surface area contributed by atoms with Crippen molar-refractivity contribution < 1.29 is 4.79 Å². The molecule has 4 nitrogen and oxygen atoms in total. The van der Waals surface area contributed by atoms with E-state index < -0.39 is 0 Å². The van der Waals surface area contributed by atoms with Gasteiger partial charge in [-0.25, -0.2) is 0 Å². The molecule has 1 fully saturated rings. The van der Waals surface area contributed by atoms with Crippen molar-refractivity contribution in [3.05, 3.63) is 52.8 Å². The Morgan fingerprint density at radius 1 is 1.32 bits per heavy atom. The summed E-state index contributed by atoms with van der Waals surface area (Å²) in [6.45, 7) is 10.8.